The Hall–Kier alpha value is -0.710. The van der Waals surface area contributed by atoms with Crippen LogP contribution in [0.1, 0.15) is 40.0 Å². The molecule has 0 aromatic heterocycles. The first-order valence-electron chi connectivity index (χ1n) is 6.60. The van der Waals surface area contributed by atoms with E-state index in [0.29, 0.717) is 17.6 Å². The van der Waals surface area contributed by atoms with Crippen LogP contribution >= 0.6 is 12.6 Å². The third-order valence-corrected chi connectivity index (χ3v) is 3.77. The monoisotopic (exact) mass is 272 g/mol. The molecule has 0 spiro atoms. The summed E-state index contributed by atoms with van der Waals surface area (Å²) in [5.41, 5.74) is 0. The highest BCUT2D eigenvalue weighted by atomic mass is 32.1. The van der Waals surface area contributed by atoms with Crippen molar-refractivity contribution in [3.05, 3.63) is 0 Å². The molecule has 1 aliphatic carbocycles. The van der Waals surface area contributed by atoms with Crippen LogP contribution < -0.4 is 10.6 Å². The molecule has 0 aliphatic heterocycles. The lowest BCUT2D eigenvalue weighted by Crippen LogP contribution is -2.51. The van der Waals surface area contributed by atoms with Crippen molar-refractivity contribution in [2.45, 2.75) is 52.1 Å². The highest BCUT2D eigenvalue weighted by Gasteiger charge is 2.27. The van der Waals surface area contributed by atoms with Crippen LogP contribution in [0.2, 0.25) is 0 Å². The minimum Gasteiger partial charge on any atom is -0.352 e. The summed E-state index contributed by atoms with van der Waals surface area (Å²) < 4.78 is 0. The van der Waals surface area contributed by atoms with Gasteiger partial charge in [0.1, 0.15) is 6.04 Å². The van der Waals surface area contributed by atoms with Crippen LogP contribution in [0.15, 0.2) is 0 Å². The fraction of sp³-hybridized carbons (Fsp3) is 0.846. The molecule has 2 amide bonds. The molecule has 4 nitrogen and oxygen atoms in total. The lowest BCUT2D eigenvalue weighted by molar-refractivity contribution is -0.128. The van der Waals surface area contributed by atoms with Crippen molar-refractivity contribution in [1.29, 1.82) is 0 Å². The molecule has 1 aliphatic rings. The average Bonchev–Trinajstić information content (AvgIpc) is 2.23. The standard InChI is InChI=1S/C13H24N2O2S/c1-8-4-9(2)6-11(5-8)15-13(17)12(7-18)14-10(3)16/h8-9,11-12,18H,4-7H2,1-3H3,(H,14,16)(H,15,17). The van der Waals surface area contributed by atoms with Gasteiger partial charge in [-0.15, -0.1) is 0 Å². The molecule has 3 unspecified atom stereocenters. The van der Waals surface area contributed by atoms with E-state index in [1.807, 2.05) is 0 Å². The number of thiol groups is 1. The van der Waals surface area contributed by atoms with Crippen LogP contribution in [0.5, 0.6) is 0 Å². The van der Waals surface area contributed by atoms with Gasteiger partial charge in [0, 0.05) is 18.7 Å². The van der Waals surface area contributed by atoms with Crippen molar-refractivity contribution in [2.75, 3.05) is 5.75 Å². The van der Waals surface area contributed by atoms with Gasteiger partial charge in [0.15, 0.2) is 0 Å². The normalized spacial score (nSPS) is 29.4. The minimum atomic E-state index is -0.529. The van der Waals surface area contributed by atoms with Gasteiger partial charge in [0.2, 0.25) is 11.8 Å². The molecule has 0 bridgehead atoms. The van der Waals surface area contributed by atoms with Crippen molar-refractivity contribution in [3.8, 4) is 0 Å². The second kappa shape index (κ2) is 7.02. The maximum absolute atomic E-state index is 12.0. The van der Waals surface area contributed by atoms with Gasteiger partial charge >= 0.3 is 0 Å². The molecule has 2 N–H and O–H groups in total. The van der Waals surface area contributed by atoms with E-state index in [1.54, 1.807) is 0 Å². The SMILES string of the molecule is CC(=O)NC(CS)C(=O)NC1CC(C)CC(C)C1. The quantitative estimate of drug-likeness (QED) is 0.677. The minimum absolute atomic E-state index is 0.119. The number of amides is 2. The Morgan fingerprint density at radius 1 is 1.22 bits per heavy atom. The van der Waals surface area contributed by atoms with E-state index < -0.39 is 6.04 Å². The molecule has 1 rings (SSSR count). The van der Waals surface area contributed by atoms with Gasteiger partial charge in [-0.25, -0.2) is 0 Å². The third-order valence-electron chi connectivity index (χ3n) is 3.40. The first-order valence-corrected chi connectivity index (χ1v) is 7.24. The summed E-state index contributed by atoms with van der Waals surface area (Å²) in [7, 11) is 0. The number of rotatable bonds is 4. The molecule has 0 heterocycles. The first kappa shape index (κ1) is 15.3. The van der Waals surface area contributed by atoms with Crippen molar-refractivity contribution in [2.24, 2.45) is 11.8 Å². The zero-order valence-corrected chi connectivity index (χ0v) is 12.3. The van der Waals surface area contributed by atoms with Gasteiger partial charge in [-0.2, -0.15) is 12.6 Å². The molecule has 1 saturated carbocycles. The van der Waals surface area contributed by atoms with Gasteiger partial charge < -0.3 is 10.6 Å². The summed E-state index contributed by atoms with van der Waals surface area (Å²) >= 11 is 4.11. The highest BCUT2D eigenvalue weighted by molar-refractivity contribution is 7.80. The van der Waals surface area contributed by atoms with Gasteiger partial charge in [-0.1, -0.05) is 13.8 Å². The summed E-state index contributed by atoms with van der Waals surface area (Å²) in [4.78, 5) is 23.0. The lowest BCUT2D eigenvalue weighted by Gasteiger charge is -2.32. The van der Waals surface area contributed by atoms with Crippen LogP contribution in [0.25, 0.3) is 0 Å². The van der Waals surface area contributed by atoms with Crippen molar-refractivity contribution >= 4 is 24.4 Å². The molecule has 18 heavy (non-hydrogen) atoms. The average molecular weight is 272 g/mol. The molecule has 0 saturated heterocycles. The Bertz CT molecular complexity index is 299. The van der Waals surface area contributed by atoms with Crippen molar-refractivity contribution in [3.63, 3.8) is 0 Å². The number of hydrogen-bond donors (Lipinski definition) is 3. The maximum Gasteiger partial charge on any atom is 0.243 e. The second-order valence-corrected chi connectivity index (χ2v) is 5.92. The summed E-state index contributed by atoms with van der Waals surface area (Å²) in [6.07, 6.45) is 3.28. The Labute approximate surface area is 115 Å². The van der Waals surface area contributed by atoms with E-state index in [-0.39, 0.29) is 17.9 Å². The topological polar surface area (TPSA) is 58.2 Å². The Kier molecular flexibility index (Phi) is 5.99. The first-order chi connectivity index (χ1) is 8.42. The Morgan fingerprint density at radius 2 is 1.78 bits per heavy atom. The second-order valence-electron chi connectivity index (χ2n) is 5.56. The molecule has 0 radical (unpaired) electrons. The summed E-state index contributed by atoms with van der Waals surface area (Å²) in [6.45, 7) is 5.85. The molecular weight excluding hydrogens is 248 g/mol. The fourth-order valence-electron chi connectivity index (χ4n) is 2.81. The number of carbonyl (C=O) groups excluding carboxylic acids is 2. The van der Waals surface area contributed by atoms with Crippen molar-refractivity contribution in [1.82, 2.24) is 10.6 Å². The van der Waals surface area contributed by atoms with E-state index in [9.17, 15) is 9.59 Å². The zero-order chi connectivity index (χ0) is 13.7. The van der Waals surface area contributed by atoms with E-state index in [4.69, 9.17) is 0 Å². The van der Waals surface area contributed by atoms with Gasteiger partial charge in [0.05, 0.1) is 0 Å². The summed E-state index contributed by atoms with van der Waals surface area (Å²) in [6, 6.07) is -0.300. The summed E-state index contributed by atoms with van der Waals surface area (Å²) in [5, 5.41) is 5.65. The van der Waals surface area contributed by atoms with Crippen LogP contribution in [0, 0.1) is 11.8 Å². The van der Waals surface area contributed by atoms with Gasteiger partial charge in [-0.3, -0.25) is 9.59 Å². The maximum atomic E-state index is 12.0. The Balaban J connectivity index is 2.49. The summed E-state index contributed by atoms with van der Waals surface area (Å²) in [5.74, 6) is 1.30. The lowest BCUT2D eigenvalue weighted by atomic mass is 9.80. The molecule has 104 valence electrons. The van der Waals surface area contributed by atoms with Gasteiger partial charge in [0.25, 0.3) is 0 Å². The molecular formula is C13H24N2O2S. The van der Waals surface area contributed by atoms with E-state index in [1.165, 1.54) is 13.3 Å². The largest absolute Gasteiger partial charge is 0.352 e. The smallest absolute Gasteiger partial charge is 0.243 e. The number of nitrogens with one attached hydrogen (secondary N) is 2. The molecule has 3 atom stereocenters. The zero-order valence-electron chi connectivity index (χ0n) is 11.4. The predicted molar refractivity (Wildman–Crippen MR) is 75.6 cm³/mol. The predicted octanol–water partition coefficient (Wildman–Crippen LogP) is 1.36. The van der Waals surface area contributed by atoms with Gasteiger partial charge in [-0.05, 0) is 31.1 Å². The van der Waals surface area contributed by atoms with E-state index >= 15 is 0 Å². The van der Waals surface area contributed by atoms with Crippen LogP contribution in [-0.4, -0.2) is 29.7 Å². The molecule has 5 heteroatoms. The van der Waals surface area contributed by atoms with Crippen molar-refractivity contribution < 1.29 is 9.59 Å². The Morgan fingerprint density at radius 3 is 2.22 bits per heavy atom. The van der Waals surface area contributed by atoms with E-state index in [0.717, 1.165) is 12.8 Å². The molecule has 1 fully saturated rings. The van der Waals surface area contributed by atoms with Crippen LogP contribution in [-0.2, 0) is 9.59 Å². The molecule has 0 aromatic rings. The van der Waals surface area contributed by atoms with Crippen LogP contribution in [0.4, 0.5) is 0 Å². The van der Waals surface area contributed by atoms with E-state index in [2.05, 4.69) is 37.1 Å². The molecule has 0 aromatic carbocycles. The number of hydrogen-bond acceptors (Lipinski definition) is 3. The fourth-order valence-corrected chi connectivity index (χ4v) is 3.06. The van der Waals surface area contributed by atoms with Crippen LogP contribution in [0.3, 0.4) is 0 Å². The number of carbonyl (C=O) groups is 2. The third kappa shape index (κ3) is 4.88. The highest BCUT2D eigenvalue weighted by Crippen LogP contribution is 2.28.